The van der Waals surface area contributed by atoms with E-state index in [0.29, 0.717) is 17.8 Å². The number of rotatable bonds is 4. The van der Waals surface area contributed by atoms with Gasteiger partial charge in [0.05, 0.1) is 17.2 Å². The van der Waals surface area contributed by atoms with E-state index < -0.39 is 5.92 Å². The predicted octanol–water partition coefficient (Wildman–Crippen LogP) is 4.95. The molecule has 2 heterocycles. The number of hydrogen-bond acceptors (Lipinski definition) is 4. The van der Waals surface area contributed by atoms with Crippen LogP contribution in [0.1, 0.15) is 29.6 Å². The summed E-state index contributed by atoms with van der Waals surface area (Å²) in [4.78, 5) is 44.3. The molecule has 2 aliphatic heterocycles. The lowest BCUT2D eigenvalue weighted by atomic mass is 10.1. The van der Waals surface area contributed by atoms with Crippen LogP contribution in [0.5, 0.6) is 0 Å². The minimum atomic E-state index is -0.413. The van der Waals surface area contributed by atoms with Gasteiger partial charge in [-0.3, -0.25) is 14.4 Å². The van der Waals surface area contributed by atoms with Crippen LogP contribution >= 0.6 is 11.8 Å². The highest BCUT2D eigenvalue weighted by Crippen LogP contribution is 2.46. The van der Waals surface area contributed by atoms with Crippen molar-refractivity contribution in [2.75, 3.05) is 21.7 Å². The first-order valence-corrected chi connectivity index (χ1v) is 12.3. The molecular formula is C27H23N3O3S. The van der Waals surface area contributed by atoms with E-state index in [1.54, 1.807) is 16.7 Å². The number of carbonyl (C=O) groups is 3. The fourth-order valence-corrected chi connectivity index (χ4v) is 5.75. The van der Waals surface area contributed by atoms with Crippen molar-refractivity contribution in [3.05, 3.63) is 78.4 Å². The molecule has 6 nitrogen and oxygen atoms in total. The Bertz CT molecular complexity index is 1310. The van der Waals surface area contributed by atoms with Crippen LogP contribution in [-0.2, 0) is 9.59 Å². The van der Waals surface area contributed by atoms with Gasteiger partial charge in [-0.15, -0.1) is 0 Å². The van der Waals surface area contributed by atoms with Crippen molar-refractivity contribution in [3.8, 4) is 0 Å². The zero-order valence-corrected chi connectivity index (χ0v) is 19.3. The summed E-state index contributed by atoms with van der Waals surface area (Å²) in [6.07, 6.45) is 2.20. The molecule has 3 aromatic rings. The topological polar surface area (TPSA) is 69.7 Å². The number of nitrogens with zero attached hydrogens (tertiary/aromatic N) is 2. The maximum Gasteiger partial charge on any atom is 0.259 e. The van der Waals surface area contributed by atoms with E-state index in [1.165, 1.54) is 0 Å². The maximum absolute atomic E-state index is 13.3. The zero-order valence-electron chi connectivity index (χ0n) is 18.4. The van der Waals surface area contributed by atoms with Gasteiger partial charge in [-0.05, 0) is 55.3 Å². The highest BCUT2D eigenvalue weighted by atomic mass is 32.2. The van der Waals surface area contributed by atoms with E-state index in [0.717, 1.165) is 34.0 Å². The Morgan fingerprint density at radius 2 is 1.68 bits per heavy atom. The normalized spacial score (nSPS) is 19.5. The monoisotopic (exact) mass is 469 g/mol. The number of hydrogen-bond donors (Lipinski definition) is 1. The molecule has 1 aliphatic carbocycles. The van der Waals surface area contributed by atoms with Crippen LogP contribution in [0.15, 0.2) is 82.6 Å². The van der Waals surface area contributed by atoms with E-state index in [-0.39, 0.29) is 30.2 Å². The number of nitrogens with one attached hydrogen (secondary N) is 1. The summed E-state index contributed by atoms with van der Waals surface area (Å²) in [5.74, 6) is -0.587. The third-order valence-electron chi connectivity index (χ3n) is 6.52. The summed E-state index contributed by atoms with van der Waals surface area (Å²) in [6.45, 7) is 0.367. The number of anilines is 3. The van der Waals surface area contributed by atoms with Gasteiger partial charge in [0.2, 0.25) is 11.8 Å². The Hall–Kier alpha value is -3.58. The van der Waals surface area contributed by atoms with Crippen molar-refractivity contribution >= 4 is 46.5 Å². The summed E-state index contributed by atoms with van der Waals surface area (Å²) in [5.41, 5.74) is 3.09. The molecule has 3 amide bonds. The Labute approximate surface area is 201 Å². The third-order valence-corrected chi connectivity index (χ3v) is 7.64. The second-order valence-corrected chi connectivity index (χ2v) is 10.0. The van der Waals surface area contributed by atoms with Gasteiger partial charge in [0.15, 0.2) is 0 Å². The van der Waals surface area contributed by atoms with Crippen LogP contribution in [0.3, 0.4) is 0 Å². The van der Waals surface area contributed by atoms with Crippen LogP contribution in [0.2, 0.25) is 0 Å². The van der Waals surface area contributed by atoms with Crippen molar-refractivity contribution in [1.29, 1.82) is 0 Å². The summed E-state index contributed by atoms with van der Waals surface area (Å²) in [6, 6.07) is 23.1. The van der Waals surface area contributed by atoms with Crippen molar-refractivity contribution in [1.82, 2.24) is 0 Å². The molecule has 34 heavy (non-hydrogen) atoms. The summed E-state index contributed by atoms with van der Waals surface area (Å²) < 4.78 is 0. The number of benzene rings is 3. The number of amides is 3. The van der Waals surface area contributed by atoms with Gasteiger partial charge in [-0.25, -0.2) is 0 Å². The van der Waals surface area contributed by atoms with Crippen LogP contribution in [-0.4, -0.2) is 30.3 Å². The second kappa shape index (κ2) is 8.33. The Kier molecular flexibility index (Phi) is 5.14. The van der Waals surface area contributed by atoms with Crippen LogP contribution in [0.25, 0.3) is 0 Å². The lowest BCUT2D eigenvalue weighted by molar-refractivity contribution is -0.122. The molecule has 1 saturated carbocycles. The average molecular weight is 470 g/mol. The van der Waals surface area contributed by atoms with E-state index in [9.17, 15) is 14.4 Å². The van der Waals surface area contributed by atoms with E-state index in [1.807, 2.05) is 77.7 Å². The number of para-hydroxylation sites is 1. The first-order valence-electron chi connectivity index (χ1n) is 11.5. The van der Waals surface area contributed by atoms with Crippen molar-refractivity contribution < 1.29 is 14.4 Å². The highest BCUT2D eigenvalue weighted by molar-refractivity contribution is 7.99. The second-order valence-electron chi connectivity index (χ2n) is 8.92. The minimum Gasteiger partial charge on any atom is -0.326 e. The SMILES string of the molecule is O=C(Nc1ccc2c(c1)Sc1ccccc1C(=O)N2C1CC1)[C@H]1CC(=O)N(c2ccccc2)C1. The fourth-order valence-electron chi connectivity index (χ4n) is 4.64. The molecular weight excluding hydrogens is 446 g/mol. The van der Waals surface area contributed by atoms with Crippen molar-refractivity contribution in [2.45, 2.75) is 35.1 Å². The first kappa shape index (κ1) is 21.0. The van der Waals surface area contributed by atoms with Crippen LogP contribution < -0.4 is 15.1 Å². The average Bonchev–Trinajstić information content (AvgIpc) is 3.62. The molecule has 2 fully saturated rings. The third kappa shape index (κ3) is 3.76. The van der Waals surface area contributed by atoms with E-state index in [2.05, 4.69) is 5.32 Å². The smallest absolute Gasteiger partial charge is 0.259 e. The van der Waals surface area contributed by atoms with Gasteiger partial charge < -0.3 is 15.1 Å². The molecule has 1 N–H and O–H groups in total. The molecule has 0 unspecified atom stereocenters. The molecule has 3 aromatic carbocycles. The van der Waals surface area contributed by atoms with Gasteiger partial charge in [-0.1, -0.05) is 42.1 Å². The Morgan fingerprint density at radius 1 is 0.912 bits per heavy atom. The minimum absolute atomic E-state index is 0.0339. The molecule has 6 rings (SSSR count). The lowest BCUT2D eigenvalue weighted by Crippen LogP contribution is -2.33. The maximum atomic E-state index is 13.3. The Morgan fingerprint density at radius 3 is 2.47 bits per heavy atom. The van der Waals surface area contributed by atoms with Crippen LogP contribution in [0.4, 0.5) is 17.1 Å². The number of carbonyl (C=O) groups excluding carboxylic acids is 3. The molecule has 1 atom stereocenters. The zero-order chi connectivity index (χ0) is 23.2. The molecule has 0 radical (unpaired) electrons. The van der Waals surface area contributed by atoms with E-state index >= 15 is 0 Å². The van der Waals surface area contributed by atoms with Crippen molar-refractivity contribution in [2.24, 2.45) is 5.92 Å². The summed E-state index contributed by atoms with van der Waals surface area (Å²) in [5, 5.41) is 3.01. The Balaban J connectivity index is 1.25. The van der Waals surface area contributed by atoms with Gasteiger partial charge in [0.1, 0.15) is 0 Å². The molecule has 7 heteroatoms. The molecule has 0 spiro atoms. The van der Waals surface area contributed by atoms with E-state index in [4.69, 9.17) is 0 Å². The summed E-state index contributed by atoms with van der Waals surface area (Å²) in [7, 11) is 0. The lowest BCUT2D eigenvalue weighted by Gasteiger charge is -2.23. The number of fused-ring (bicyclic) bond motifs is 2. The van der Waals surface area contributed by atoms with Gasteiger partial charge in [-0.2, -0.15) is 0 Å². The summed E-state index contributed by atoms with van der Waals surface area (Å²) >= 11 is 1.55. The molecule has 3 aliphatic rings. The quantitative estimate of drug-likeness (QED) is 0.587. The van der Waals surface area contributed by atoms with Gasteiger partial charge in [0, 0.05) is 40.2 Å². The first-order chi connectivity index (χ1) is 16.6. The highest BCUT2D eigenvalue weighted by Gasteiger charge is 2.38. The molecule has 0 bridgehead atoms. The predicted molar refractivity (Wildman–Crippen MR) is 132 cm³/mol. The van der Waals surface area contributed by atoms with Crippen molar-refractivity contribution in [3.63, 3.8) is 0 Å². The molecule has 1 saturated heterocycles. The van der Waals surface area contributed by atoms with Gasteiger partial charge in [0.25, 0.3) is 5.91 Å². The fraction of sp³-hybridized carbons (Fsp3) is 0.222. The standard InChI is InChI=1S/C27H23N3O3S/c31-25-14-17(16-29(25)19-6-2-1-3-7-19)26(32)28-18-10-13-22-24(15-18)34-23-9-5-4-8-21(23)27(33)30(22)20-11-12-20/h1-10,13,15,17,20H,11-12,14,16H2,(H,28,32)/t17-/m0/s1. The van der Waals surface area contributed by atoms with Gasteiger partial charge >= 0.3 is 0 Å². The largest absolute Gasteiger partial charge is 0.326 e. The van der Waals surface area contributed by atoms with Crippen LogP contribution in [0, 0.1) is 5.92 Å². The molecule has 0 aromatic heterocycles. The molecule has 170 valence electrons.